The number of nitrogens with zero attached hydrogens (tertiary/aromatic N) is 1. The van der Waals surface area contributed by atoms with Gasteiger partial charge in [-0.05, 0) is 24.1 Å². The van der Waals surface area contributed by atoms with Gasteiger partial charge in [0.15, 0.2) is 0 Å². The van der Waals surface area contributed by atoms with Crippen molar-refractivity contribution in [3.8, 4) is 11.8 Å². The van der Waals surface area contributed by atoms with Gasteiger partial charge >= 0.3 is 6.36 Å². The molecular weight excluding hydrogens is 273 g/mol. The number of ether oxygens (including phenoxy) is 1. The molecule has 0 aliphatic rings. The minimum atomic E-state index is -4.74. The van der Waals surface area contributed by atoms with Crippen LogP contribution in [0.25, 0.3) is 0 Å². The Bertz CT molecular complexity index is 492. The summed E-state index contributed by atoms with van der Waals surface area (Å²) in [6.45, 7) is 1.76. The summed E-state index contributed by atoms with van der Waals surface area (Å²) >= 11 is 0. The minimum absolute atomic E-state index is 0.00945. The summed E-state index contributed by atoms with van der Waals surface area (Å²) in [5.74, 6) is -0.701. The topological polar surface area (TPSA) is 62.1 Å². The Morgan fingerprint density at radius 2 is 2.00 bits per heavy atom. The van der Waals surface area contributed by atoms with Crippen LogP contribution in [0.15, 0.2) is 24.3 Å². The number of hydrogen-bond acceptors (Lipinski definition) is 3. The van der Waals surface area contributed by atoms with Gasteiger partial charge in [-0.25, -0.2) is 0 Å². The number of nitriles is 1. The molecule has 0 radical (unpaired) electrons. The van der Waals surface area contributed by atoms with Gasteiger partial charge in [-0.15, -0.1) is 13.2 Å². The highest BCUT2D eigenvalue weighted by atomic mass is 19.4. The molecule has 4 nitrogen and oxygen atoms in total. The summed E-state index contributed by atoms with van der Waals surface area (Å²) in [7, 11) is 0. The van der Waals surface area contributed by atoms with Crippen molar-refractivity contribution in [3.05, 3.63) is 29.8 Å². The average molecular weight is 286 g/mol. The maximum Gasteiger partial charge on any atom is 0.573 e. The maximum atomic E-state index is 12.0. The monoisotopic (exact) mass is 286 g/mol. The molecule has 0 aliphatic heterocycles. The fraction of sp³-hybridized carbons (Fsp3) is 0.385. The first-order valence-corrected chi connectivity index (χ1v) is 5.87. The lowest BCUT2D eigenvalue weighted by molar-refractivity contribution is -0.274. The molecule has 7 heteroatoms. The van der Waals surface area contributed by atoms with E-state index in [1.54, 1.807) is 6.92 Å². The van der Waals surface area contributed by atoms with Crippen molar-refractivity contribution in [3.63, 3.8) is 0 Å². The lowest BCUT2D eigenvalue weighted by Crippen LogP contribution is -2.34. The molecule has 0 fully saturated rings. The van der Waals surface area contributed by atoms with E-state index >= 15 is 0 Å². The van der Waals surface area contributed by atoms with Crippen molar-refractivity contribution in [2.24, 2.45) is 0 Å². The normalized spacial score (nSPS) is 12.3. The molecule has 108 valence electrons. The van der Waals surface area contributed by atoms with E-state index in [4.69, 9.17) is 5.26 Å². The van der Waals surface area contributed by atoms with Crippen LogP contribution < -0.4 is 10.1 Å². The van der Waals surface area contributed by atoms with Crippen LogP contribution in [0.5, 0.6) is 5.75 Å². The highest BCUT2D eigenvalue weighted by Gasteiger charge is 2.30. The summed E-state index contributed by atoms with van der Waals surface area (Å²) < 4.78 is 39.6. The van der Waals surface area contributed by atoms with Crippen LogP contribution in [0.3, 0.4) is 0 Å². The SMILES string of the molecule is CC[C@@H](C#N)NC(=O)Cc1ccc(OC(F)(F)F)cc1. The van der Waals surface area contributed by atoms with Gasteiger partial charge in [0.1, 0.15) is 11.8 Å². The predicted molar refractivity (Wildman–Crippen MR) is 64.7 cm³/mol. The van der Waals surface area contributed by atoms with Crippen molar-refractivity contribution in [2.45, 2.75) is 32.2 Å². The molecule has 0 bridgehead atoms. The van der Waals surface area contributed by atoms with E-state index < -0.39 is 12.4 Å². The summed E-state index contributed by atoms with van der Waals surface area (Å²) in [5, 5.41) is 11.2. The number of hydrogen-bond donors (Lipinski definition) is 1. The first-order valence-electron chi connectivity index (χ1n) is 5.87. The molecule has 1 rings (SSSR count). The van der Waals surface area contributed by atoms with E-state index in [9.17, 15) is 18.0 Å². The van der Waals surface area contributed by atoms with E-state index in [1.165, 1.54) is 12.1 Å². The number of benzene rings is 1. The summed E-state index contributed by atoms with van der Waals surface area (Å²) in [6.07, 6.45) is -4.26. The average Bonchev–Trinajstić information content (AvgIpc) is 2.36. The number of halogens is 3. The van der Waals surface area contributed by atoms with Crippen molar-refractivity contribution in [1.29, 1.82) is 5.26 Å². The molecule has 1 aromatic carbocycles. The van der Waals surface area contributed by atoms with Crippen LogP contribution in [-0.4, -0.2) is 18.3 Å². The third kappa shape index (κ3) is 5.61. The lowest BCUT2D eigenvalue weighted by atomic mass is 10.1. The van der Waals surface area contributed by atoms with Crippen molar-refractivity contribution < 1.29 is 22.7 Å². The van der Waals surface area contributed by atoms with Crippen molar-refractivity contribution in [1.82, 2.24) is 5.32 Å². The smallest absolute Gasteiger partial charge is 0.406 e. The third-order valence-corrected chi connectivity index (χ3v) is 2.42. The zero-order chi connectivity index (χ0) is 15.2. The number of alkyl halides is 3. The van der Waals surface area contributed by atoms with Crippen molar-refractivity contribution >= 4 is 5.91 Å². The quantitative estimate of drug-likeness (QED) is 0.904. The second-order valence-corrected chi connectivity index (χ2v) is 4.03. The van der Waals surface area contributed by atoms with Crippen LogP contribution in [0, 0.1) is 11.3 Å². The van der Waals surface area contributed by atoms with E-state index in [-0.39, 0.29) is 18.1 Å². The molecule has 1 atom stereocenters. The molecule has 0 saturated carbocycles. The molecule has 0 aromatic heterocycles. The molecule has 0 aliphatic carbocycles. The second kappa shape index (κ2) is 6.80. The standard InChI is InChI=1S/C13H13F3N2O2/c1-2-10(8-17)18-12(19)7-9-3-5-11(6-4-9)20-13(14,15)16/h3-6,10H,2,7H2,1H3,(H,18,19)/t10-/m0/s1. The predicted octanol–water partition coefficient (Wildman–Crippen LogP) is 2.55. The fourth-order valence-corrected chi connectivity index (χ4v) is 1.47. The van der Waals surface area contributed by atoms with Crippen LogP contribution in [0.4, 0.5) is 13.2 Å². The number of amides is 1. The Labute approximate surface area is 114 Å². The summed E-state index contributed by atoms with van der Waals surface area (Å²) in [4.78, 5) is 11.6. The highest BCUT2D eigenvalue weighted by molar-refractivity contribution is 5.79. The Balaban J connectivity index is 2.57. The molecule has 1 N–H and O–H groups in total. The van der Waals surface area contributed by atoms with Crippen molar-refractivity contribution in [2.75, 3.05) is 0 Å². The summed E-state index contributed by atoms with van der Waals surface area (Å²) in [5.41, 5.74) is 0.532. The molecule has 0 heterocycles. The highest BCUT2D eigenvalue weighted by Crippen LogP contribution is 2.22. The zero-order valence-corrected chi connectivity index (χ0v) is 10.7. The minimum Gasteiger partial charge on any atom is -0.406 e. The van der Waals surface area contributed by atoms with Gasteiger partial charge in [0.05, 0.1) is 12.5 Å². The van der Waals surface area contributed by atoms with E-state index in [2.05, 4.69) is 10.1 Å². The molecular formula is C13H13F3N2O2. The van der Waals surface area contributed by atoms with E-state index in [0.29, 0.717) is 12.0 Å². The van der Waals surface area contributed by atoms with Gasteiger partial charge in [0.2, 0.25) is 5.91 Å². The molecule has 0 saturated heterocycles. The molecule has 0 spiro atoms. The van der Waals surface area contributed by atoms with Crippen LogP contribution in [0.1, 0.15) is 18.9 Å². The Morgan fingerprint density at radius 3 is 2.45 bits per heavy atom. The second-order valence-electron chi connectivity index (χ2n) is 4.03. The molecule has 20 heavy (non-hydrogen) atoms. The summed E-state index contributed by atoms with van der Waals surface area (Å²) in [6, 6.07) is 6.38. The first kappa shape index (κ1) is 15.8. The van der Waals surface area contributed by atoms with Crippen LogP contribution >= 0.6 is 0 Å². The molecule has 1 aromatic rings. The fourth-order valence-electron chi connectivity index (χ4n) is 1.47. The molecule has 1 amide bonds. The molecule has 0 unspecified atom stereocenters. The van der Waals surface area contributed by atoms with Crippen LogP contribution in [-0.2, 0) is 11.2 Å². The zero-order valence-electron chi connectivity index (χ0n) is 10.7. The van der Waals surface area contributed by atoms with E-state index in [0.717, 1.165) is 12.1 Å². The lowest BCUT2D eigenvalue weighted by Gasteiger charge is -2.10. The maximum absolute atomic E-state index is 12.0. The number of carbonyl (C=O) groups is 1. The largest absolute Gasteiger partial charge is 0.573 e. The van der Waals surface area contributed by atoms with Crippen LogP contribution in [0.2, 0.25) is 0 Å². The Hall–Kier alpha value is -2.23. The Morgan fingerprint density at radius 1 is 1.40 bits per heavy atom. The van der Waals surface area contributed by atoms with Gasteiger partial charge in [0, 0.05) is 0 Å². The third-order valence-electron chi connectivity index (χ3n) is 2.42. The van der Waals surface area contributed by atoms with E-state index in [1.807, 2.05) is 6.07 Å². The first-order chi connectivity index (χ1) is 9.34. The van der Waals surface area contributed by atoms with Gasteiger partial charge in [0.25, 0.3) is 0 Å². The number of carbonyl (C=O) groups excluding carboxylic acids is 1. The number of nitrogens with one attached hydrogen (secondary N) is 1. The Kier molecular flexibility index (Phi) is 5.38. The van der Waals surface area contributed by atoms with Gasteiger partial charge in [-0.2, -0.15) is 5.26 Å². The van der Waals surface area contributed by atoms with Gasteiger partial charge in [-0.1, -0.05) is 19.1 Å². The van der Waals surface area contributed by atoms with Gasteiger partial charge < -0.3 is 10.1 Å². The van der Waals surface area contributed by atoms with Gasteiger partial charge in [-0.3, -0.25) is 4.79 Å². The number of rotatable bonds is 5.